The third kappa shape index (κ3) is 4.32. The summed E-state index contributed by atoms with van der Waals surface area (Å²) in [4.78, 5) is 16.7. The quantitative estimate of drug-likeness (QED) is 0.764. The number of hydrogen-bond donors (Lipinski definition) is 0. The van der Waals surface area contributed by atoms with E-state index in [2.05, 4.69) is 30.6 Å². The van der Waals surface area contributed by atoms with Crippen LogP contribution in [0.4, 0.5) is 0 Å². The van der Waals surface area contributed by atoms with Gasteiger partial charge in [0.25, 0.3) is 0 Å². The van der Waals surface area contributed by atoms with Gasteiger partial charge in [-0.15, -0.1) is 26.6 Å². The number of carbonyl (C=O) groups is 1. The normalized spacial score (nSPS) is 16.3. The largest absolute Gasteiger partial charge is 0.341 e. The molecule has 1 amide bonds. The summed E-state index contributed by atoms with van der Waals surface area (Å²) < 4.78 is 1.67. The summed E-state index contributed by atoms with van der Waals surface area (Å²) in [5.74, 6) is 0.899. The van der Waals surface area contributed by atoms with Crippen LogP contribution in [0.2, 0.25) is 0 Å². The molecule has 10 heteroatoms. The molecule has 1 aliphatic rings. The zero-order chi connectivity index (χ0) is 16.9. The first-order valence-electron chi connectivity index (χ1n) is 8.13. The van der Waals surface area contributed by atoms with Crippen LogP contribution in [0, 0.1) is 13.8 Å². The fraction of sp³-hybridized carbons (Fsp3) is 0.714. The van der Waals surface area contributed by atoms with Crippen LogP contribution in [-0.2, 0) is 17.9 Å². The van der Waals surface area contributed by atoms with Crippen molar-refractivity contribution in [3.05, 3.63) is 15.8 Å². The summed E-state index contributed by atoms with van der Waals surface area (Å²) in [7, 11) is 0. The fourth-order valence-corrected chi connectivity index (χ4v) is 3.54. The van der Waals surface area contributed by atoms with Crippen molar-refractivity contribution < 1.29 is 4.79 Å². The average molecular weight is 350 g/mol. The smallest absolute Gasteiger partial charge is 0.224 e. The van der Waals surface area contributed by atoms with Crippen molar-refractivity contribution in [2.24, 2.45) is 0 Å². The lowest BCUT2D eigenvalue weighted by Crippen LogP contribution is -2.35. The standard InChI is InChI=1S/C14H22N8OS/c1-11-15-18-19-22(11)7-4-14(23)21-6-3-5-20(8-9-21)10-13-17-16-12(2)24-13/h3-10H2,1-2H3. The van der Waals surface area contributed by atoms with Crippen LogP contribution < -0.4 is 0 Å². The van der Waals surface area contributed by atoms with Crippen LogP contribution >= 0.6 is 11.3 Å². The molecule has 0 unspecified atom stereocenters. The maximum atomic E-state index is 12.4. The summed E-state index contributed by atoms with van der Waals surface area (Å²) >= 11 is 1.64. The van der Waals surface area contributed by atoms with Crippen molar-refractivity contribution in [1.82, 2.24) is 40.2 Å². The van der Waals surface area contributed by atoms with Crippen LogP contribution in [0.1, 0.15) is 28.7 Å². The molecule has 0 aromatic carbocycles. The molecule has 24 heavy (non-hydrogen) atoms. The second-order valence-electron chi connectivity index (χ2n) is 5.92. The maximum absolute atomic E-state index is 12.4. The third-order valence-corrected chi connectivity index (χ3v) is 4.94. The highest BCUT2D eigenvalue weighted by molar-refractivity contribution is 7.11. The van der Waals surface area contributed by atoms with Crippen molar-refractivity contribution in [3.63, 3.8) is 0 Å². The number of nitrogens with zero attached hydrogens (tertiary/aromatic N) is 8. The molecule has 0 spiro atoms. The molecule has 3 rings (SSSR count). The van der Waals surface area contributed by atoms with Gasteiger partial charge in [0.2, 0.25) is 5.91 Å². The monoisotopic (exact) mass is 350 g/mol. The molecule has 1 aliphatic heterocycles. The lowest BCUT2D eigenvalue weighted by atomic mass is 10.3. The minimum atomic E-state index is 0.165. The first-order chi connectivity index (χ1) is 11.6. The summed E-state index contributed by atoms with van der Waals surface area (Å²) in [6.07, 6.45) is 1.41. The van der Waals surface area contributed by atoms with Gasteiger partial charge in [-0.25, -0.2) is 4.68 Å². The van der Waals surface area contributed by atoms with Gasteiger partial charge in [-0.2, -0.15) is 0 Å². The third-order valence-electron chi connectivity index (χ3n) is 4.12. The van der Waals surface area contributed by atoms with E-state index >= 15 is 0 Å². The Morgan fingerprint density at radius 2 is 2.00 bits per heavy atom. The van der Waals surface area contributed by atoms with Gasteiger partial charge in [0, 0.05) is 32.6 Å². The Morgan fingerprint density at radius 1 is 1.12 bits per heavy atom. The van der Waals surface area contributed by atoms with Gasteiger partial charge in [0.1, 0.15) is 15.8 Å². The lowest BCUT2D eigenvalue weighted by molar-refractivity contribution is -0.131. The highest BCUT2D eigenvalue weighted by atomic mass is 32.1. The highest BCUT2D eigenvalue weighted by Crippen LogP contribution is 2.13. The molecule has 0 saturated carbocycles. The molecule has 0 bridgehead atoms. The molecular weight excluding hydrogens is 328 g/mol. The maximum Gasteiger partial charge on any atom is 0.224 e. The molecule has 0 aliphatic carbocycles. The number of hydrogen-bond acceptors (Lipinski definition) is 8. The fourth-order valence-electron chi connectivity index (χ4n) is 2.79. The molecule has 9 nitrogen and oxygen atoms in total. The van der Waals surface area contributed by atoms with E-state index in [1.54, 1.807) is 16.0 Å². The van der Waals surface area contributed by atoms with Crippen LogP contribution in [0.5, 0.6) is 0 Å². The van der Waals surface area contributed by atoms with E-state index in [0.29, 0.717) is 13.0 Å². The first-order valence-corrected chi connectivity index (χ1v) is 8.95. The van der Waals surface area contributed by atoms with Gasteiger partial charge in [-0.05, 0) is 30.7 Å². The van der Waals surface area contributed by atoms with Gasteiger partial charge in [0.05, 0.1) is 13.1 Å². The Balaban J connectivity index is 1.47. The molecule has 0 radical (unpaired) electrons. The van der Waals surface area contributed by atoms with Gasteiger partial charge >= 0.3 is 0 Å². The Morgan fingerprint density at radius 3 is 2.71 bits per heavy atom. The van der Waals surface area contributed by atoms with E-state index in [1.165, 1.54) is 0 Å². The Bertz CT molecular complexity index is 684. The Hall–Kier alpha value is -1.94. The van der Waals surface area contributed by atoms with Gasteiger partial charge < -0.3 is 4.90 Å². The van der Waals surface area contributed by atoms with Crippen LogP contribution in [-0.4, -0.2) is 72.3 Å². The van der Waals surface area contributed by atoms with E-state index in [9.17, 15) is 4.79 Å². The SMILES string of the molecule is Cc1nnc(CN2CCCN(C(=O)CCn3nnnc3C)CC2)s1. The molecule has 2 aromatic rings. The van der Waals surface area contributed by atoms with Crippen molar-refractivity contribution in [2.45, 2.75) is 39.8 Å². The molecule has 2 aromatic heterocycles. The summed E-state index contributed by atoms with van der Waals surface area (Å²) in [6, 6.07) is 0. The summed E-state index contributed by atoms with van der Waals surface area (Å²) in [5.41, 5.74) is 0. The molecule has 130 valence electrons. The van der Waals surface area contributed by atoms with Crippen LogP contribution in [0.25, 0.3) is 0 Å². The molecule has 1 fully saturated rings. The summed E-state index contributed by atoms with van der Waals surface area (Å²) in [6.45, 7) is 8.56. The second-order valence-corrected chi connectivity index (χ2v) is 7.19. The van der Waals surface area contributed by atoms with Crippen molar-refractivity contribution in [1.29, 1.82) is 0 Å². The highest BCUT2D eigenvalue weighted by Gasteiger charge is 2.20. The number of tetrazole rings is 1. The predicted octanol–water partition coefficient (Wildman–Crippen LogP) is 0.266. The van der Waals surface area contributed by atoms with E-state index < -0.39 is 0 Å². The number of amides is 1. The van der Waals surface area contributed by atoms with Crippen LogP contribution in [0.15, 0.2) is 0 Å². The van der Waals surface area contributed by atoms with E-state index in [0.717, 1.165) is 55.0 Å². The van der Waals surface area contributed by atoms with E-state index in [4.69, 9.17) is 0 Å². The van der Waals surface area contributed by atoms with Crippen molar-refractivity contribution in [2.75, 3.05) is 26.2 Å². The van der Waals surface area contributed by atoms with Gasteiger partial charge in [-0.3, -0.25) is 9.69 Å². The zero-order valence-corrected chi connectivity index (χ0v) is 14.9. The molecule has 3 heterocycles. The van der Waals surface area contributed by atoms with Crippen LogP contribution in [0.3, 0.4) is 0 Å². The number of aromatic nitrogens is 6. The van der Waals surface area contributed by atoms with E-state index in [1.807, 2.05) is 18.7 Å². The topological polar surface area (TPSA) is 92.9 Å². The zero-order valence-electron chi connectivity index (χ0n) is 14.1. The number of carbonyl (C=O) groups excluding carboxylic acids is 1. The van der Waals surface area contributed by atoms with Crippen molar-refractivity contribution >= 4 is 17.2 Å². The van der Waals surface area contributed by atoms with Gasteiger partial charge in [0.15, 0.2) is 0 Å². The van der Waals surface area contributed by atoms with Gasteiger partial charge in [-0.1, -0.05) is 0 Å². The lowest BCUT2D eigenvalue weighted by Gasteiger charge is -2.21. The minimum Gasteiger partial charge on any atom is -0.341 e. The minimum absolute atomic E-state index is 0.165. The first kappa shape index (κ1) is 16.9. The second kappa shape index (κ2) is 7.75. The Labute approximate surface area is 144 Å². The Kier molecular flexibility index (Phi) is 5.46. The number of rotatable bonds is 5. The molecular formula is C14H22N8OS. The molecule has 0 atom stereocenters. The average Bonchev–Trinajstić information content (AvgIpc) is 3.07. The molecule has 0 N–H and O–H groups in total. The molecule has 1 saturated heterocycles. The predicted molar refractivity (Wildman–Crippen MR) is 88.3 cm³/mol. The number of aryl methyl sites for hydroxylation is 3. The summed E-state index contributed by atoms with van der Waals surface area (Å²) in [5, 5.41) is 21.6. The van der Waals surface area contributed by atoms with Crippen molar-refractivity contribution in [3.8, 4) is 0 Å². The van der Waals surface area contributed by atoms with E-state index in [-0.39, 0.29) is 5.91 Å².